The molecule has 1 amide bonds. The number of carbonyl (C=O) groups is 1. The van der Waals surface area contributed by atoms with Gasteiger partial charge in [-0.2, -0.15) is 0 Å². The number of hydrogen-bond donors (Lipinski definition) is 2. The summed E-state index contributed by atoms with van der Waals surface area (Å²) in [4.78, 5) is 17.5. The Kier molecular flexibility index (Phi) is 6.67. The minimum atomic E-state index is -4.04. The maximum absolute atomic E-state index is 13.5. The molecule has 0 spiro atoms. The number of aliphatic hydroxyl groups excluding tert-OH is 1. The third-order valence-electron chi connectivity index (χ3n) is 7.73. The summed E-state index contributed by atoms with van der Waals surface area (Å²) in [5.74, 6) is 2.13. The first-order valence-corrected chi connectivity index (χ1v) is 14.0. The molecule has 3 aliphatic rings. The predicted octanol–water partition coefficient (Wildman–Crippen LogP) is 4.08. The van der Waals surface area contributed by atoms with Gasteiger partial charge in [-0.25, -0.2) is 17.7 Å². The first kappa shape index (κ1) is 24.3. The Bertz CT molecular complexity index is 1210. The number of fused-ring (bicyclic) bond motifs is 2. The summed E-state index contributed by atoms with van der Waals surface area (Å²) in [7, 11) is -4.04. The van der Waals surface area contributed by atoms with Gasteiger partial charge < -0.3 is 15.2 Å². The van der Waals surface area contributed by atoms with Gasteiger partial charge in [-0.15, -0.1) is 0 Å². The summed E-state index contributed by atoms with van der Waals surface area (Å²) in [6.07, 6.45) is 5.29. The van der Waals surface area contributed by atoms with Gasteiger partial charge in [0.2, 0.25) is 5.91 Å². The van der Waals surface area contributed by atoms with E-state index in [2.05, 4.69) is 10.3 Å². The van der Waals surface area contributed by atoms with Crippen LogP contribution < -0.4 is 14.4 Å². The summed E-state index contributed by atoms with van der Waals surface area (Å²) in [5.41, 5.74) is 0. The van der Waals surface area contributed by atoms with Crippen LogP contribution in [-0.4, -0.2) is 43.7 Å². The molecule has 0 radical (unpaired) electrons. The Labute approximate surface area is 210 Å². The molecular weight excluding hydrogens is 490 g/mol. The topological polar surface area (TPSA) is 109 Å². The summed E-state index contributed by atoms with van der Waals surface area (Å²) < 4.78 is 33.8. The van der Waals surface area contributed by atoms with Crippen LogP contribution in [-0.2, 0) is 14.8 Å². The zero-order valence-corrected chi connectivity index (χ0v) is 21.1. The van der Waals surface area contributed by atoms with Crippen LogP contribution in [0.25, 0.3) is 0 Å². The van der Waals surface area contributed by atoms with Crippen molar-refractivity contribution in [3.63, 3.8) is 0 Å². The monoisotopic (exact) mass is 519 g/mol. The molecule has 0 saturated heterocycles. The van der Waals surface area contributed by atoms with E-state index in [1.54, 1.807) is 24.3 Å². The fourth-order valence-electron chi connectivity index (χ4n) is 5.80. The lowest BCUT2D eigenvalue weighted by atomic mass is 9.89. The number of nitrogens with one attached hydrogen (secondary N) is 1. The Morgan fingerprint density at radius 3 is 2.69 bits per heavy atom. The average Bonchev–Trinajstić information content (AvgIpc) is 3.45. The second kappa shape index (κ2) is 9.59. The second-order valence-electron chi connectivity index (χ2n) is 9.89. The molecular formula is C25H30ClN3O5S. The smallest absolute Gasteiger partial charge is 0.265 e. The quantitative estimate of drug-likeness (QED) is 0.595. The number of aliphatic hydroxyl groups is 1. The van der Waals surface area contributed by atoms with Crippen molar-refractivity contribution in [2.75, 3.05) is 22.8 Å². The van der Waals surface area contributed by atoms with Gasteiger partial charge >= 0.3 is 0 Å². The lowest BCUT2D eigenvalue weighted by molar-refractivity contribution is -0.120. The highest BCUT2D eigenvalue weighted by Gasteiger charge is 2.41. The van der Waals surface area contributed by atoms with Crippen LogP contribution in [0, 0.1) is 23.7 Å². The number of aromatic nitrogens is 1. The van der Waals surface area contributed by atoms with Gasteiger partial charge in [-0.05, 0) is 60.9 Å². The van der Waals surface area contributed by atoms with Crippen molar-refractivity contribution in [2.45, 2.75) is 50.0 Å². The normalized spacial score (nSPS) is 26.5. The third-order valence-corrected chi connectivity index (χ3v) is 9.71. The van der Waals surface area contributed by atoms with Crippen molar-refractivity contribution < 1.29 is 23.1 Å². The number of amides is 1. The standard InChI is InChI=1S/C25H30ClN3O5S/c1-15(18-10-16-4-2-5-17(16)11-18)25(31)28-23-9-8-22-24(27-23)29(13-20(14-30)34-22)35(32,33)21-7-3-6-19(26)12-21/h3,6-9,12,15-18,20,30H,2,4-5,10-11,13-14H2,1H3,(H,27,28,31). The van der Waals surface area contributed by atoms with E-state index >= 15 is 0 Å². The molecule has 2 fully saturated rings. The van der Waals surface area contributed by atoms with Crippen molar-refractivity contribution in [1.29, 1.82) is 0 Å². The number of sulfonamides is 1. The first-order chi connectivity index (χ1) is 16.8. The van der Waals surface area contributed by atoms with E-state index in [1.165, 1.54) is 31.4 Å². The van der Waals surface area contributed by atoms with Crippen LogP contribution in [0.4, 0.5) is 11.6 Å². The molecule has 10 heteroatoms. The molecule has 1 aromatic carbocycles. The van der Waals surface area contributed by atoms with E-state index < -0.39 is 16.1 Å². The highest BCUT2D eigenvalue weighted by molar-refractivity contribution is 7.92. The van der Waals surface area contributed by atoms with Gasteiger partial charge in [0.15, 0.2) is 11.6 Å². The van der Waals surface area contributed by atoms with Gasteiger partial charge in [0.25, 0.3) is 10.0 Å². The minimum absolute atomic E-state index is 0.00572. The number of nitrogens with zero attached hydrogens (tertiary/aromatic N) is 2. The molecule has 2 aromatic rings. The number of benzene rings is 1. The molecule has 5 rings (SSSR count). The number of pyridine rings is 1. The summed E-state index contributed by atoms with van der Waals surface area (Å²) in [5, 5.41) is 12.8. The van der Waals surface area contributed by atoms with Gasteiger partial charge in [-0.1, -0.05) is 43.9 Å². The molecule has 4 unspecified atom stereocenters. The van der Waals surface area contributed by atoms with Crippen LogP contribution in [0.15, 0.2) is 41.3 Å². The van der Waals surface area contributed by atoms with Crippen molar-refractivity contribution in [1.82, 2.24) is 4.98 Å². The van der Waals surface area contributed by atoms with E-state index in [-0.39, 0.29) is 52.3 Å². The lowest BCUT2D eigenvalue weighted by Crippen LogP contribution is -2.45. The summed E-state index contributed by atoms with van der Waals surface area (Å²) in [6, 6.07) is 9.14. The van der Waals surface area contributed by atoms with Crippen molar-refractivity contribution >= 4 is 39.2 Å². The van der Waals surface area contributed by atoms with Crippen molar-refractivity contribution in [2.24, 2.45) is 23.7 Å². The molecule has 2 heterocycles. The Balaban J connectivity index is 1.39. The Morgan fingerprint density at radius 2 is 2.00 bits per heavy atom. The third kappa shape index (κ3) is 4.73. The van der Waals surface area contributed by atoms with E-state index in [4.69, 9.17) is 16.3 Å². The molecule has 35 heavy (non-hydrogen) atoms. The fraction of sp³-hybridized carbons (Fsp3) is 0.520. The highest BCUT2D eigenvalue weighted by atomic mass is 35.5. The molecule has 1 aromatic heterocycles. The number of carbonyl (C=O) groups excluding carboxylic acids is 1. The maximum Gasteiger partial charge on any atom is 0.265 e. The van der Waals surface area contributed by atoms with Crippen molar-refractivity contribution in [3.8, 4) is 5.75 Å². The van der Waals surface area contributed by atoms with Gasteiger partial charge in [0.1, 0.15) is 11.9 Å². The van der Waals surface area contributed by atoms with Gasteiger partial charge in [0.05, 0.1) is 18.0 Å². The maximum atomic E-state index is 13.5. The van der Waals surface area contributed by atoms with Gasteiger partial charge in [-0.3, -0.25) is 4.79 Å². The molecule has 0 bridgehead atoms. The highest BCUT2D eigenvalue weighted by Crippen LogP contribution is 2.49. The molecule has 1 aliphatic heterocycles. The van der Waals surface area contributed by atoms with E-state index in [0.717, 1.165) is 29.0 Å². The summed E-state index contributed by atoms with van der Waals surface area (Å²) in [6.45, 7) is 1.48. The second-order valence-corrected chi connectivity index (χ2v) is 12.2. The van der Waals surface area contributed by atoms with E-state index in [0.29, 0.717) is 5.92 Å². The zero-order valence-electron chi connectivity index (χ0n) is 19.6. The molecule has 2 saturated carbocycles. The zero-order chi connectivity index (χ0) is 24.7. The largest absolute Gasteiger partial charge is 0.482 e. The molecule has 4 atom stereocenters. The SMILES string of the molecule is CC(C(=O)Nc1ccc2c(n1)N(S(=O)(=O)c1cccc(Cl)c1)CC(CO)O2)C1CC2CCCC2C1. The molecule has 8 nitrogen and oxygen atoms in total. The fourth-order valence-corrected chi connectivity index (χ4v) is 7.55. The number of ether oxygens (including phenoxy) is 1. The van der Waals surface area contributed by atoms with Gasteiger partial charge in [0, 0.05) is 10.9 Å². The number of hydrogen-bond acceptors (Lipinski definition) is 6. The van der Waals surface area contributed by atoms with E-state index in [9.17, 15) is 18.3 Å². The molecule has 2 aliphatic carbocycles. The number of halogens is 1. The van der Waals surface area contributed by atoms with Crippen molar-refractivity contribution in [3.05, 3.63) is 41.4 Å². The first-order valence-electron chi connectivity index (χ1n) is 12.1. The van der Waals surface area contributed by atoms with Crippen LogP contribution in [0.2, 0.25) is 5.02 Å². The summed E-state index contributed by atoms with van der Waals surface area (Å²) >= 11 is 6.03. The van der Waals surface area contributed by atoms with Crippen LogP contribution >= 0.6 is 11.6 Å². The average molecular weight is 520 g/mol. The number of anilines is 2. The van der Waals surface area contributed by atoms with Crippen LogP contribution in [0.1, 0.15) is 39.0 Å². The minimum Gasteiger partial charge on any atom is -0.482 e. The molecule has 188 valence electrons. The van der Waals surface area contributed by atoms with Crippen LogP contribution in [0.3, 0.4) is 0 Å². The Morgan fingerprint density at radius 1 is 1.26 bits per heavy atom. The van der Waals surface area contributed by atoms with Crippen LogP contribution in [0.5, 0.6) is 5.75 Å². The van der Waals surface area contributed by atoms with E-state index in [1.807, 2.05) is 6.92 Å². The Hall–Kier alpha value is -2.36. The predicted molar refractivity (Wildman–Crippen MR) is 133 cm³/mol. The number of rotatable bonds is 6. The lowest BCUT2D eigenvalue weighted by Gasteiger charge is -2.34. The molecule has 2 N–H and O–H groups in total.